The molecular weight excluding hydrogens is 451 g/mol. The highest BCUT2D eigenvalue weighted by molar-refractivity contribution is 14.0. The summed E-state index contributed by atoms with van der Waals surface area (Å²) in [6, 6.07) is 9.00. The van der Waals surface area contributed by atoms with Gasteiger partial charge < -0.3 is 20.3 Å². The predicted octanol–water partition coefficient (Wildman–Crippen LogP) is 4.02. The Hall–Kier alpha value is -1.02. The van der Waals surface area contributed by atoms with E-state index in [1.54, 1.807) is 0 Å². The molecule has 0 aromatic heterocycles. The Morgan fingerprint density at radius 1 is 1.15 bits per heavy atom. The van der Waals surface area contributed by atoms with E-state index in [4.69, 9.17) is 9.73 Å². The zero-order valence-electron chi connectivity index (χ0n) is 17.3. The maximum atomic E-state index is 5.49. The number of hydrogen-bond acceptors (Lipinski definition) is 3. The standard InChI is InChI=1S/C21H36N4O.HI/c1-5-22-21(24-18(4)11-10-17(2)3)23-16-19-8-6-7-9-20(19)25-12-14-26-15-13-25;/h6-9,17-18H,5,10-16H2,1-4H3,(H2,22,23,24);1H. The summed E-state index contributed by atoms with van der Waals surface area (Å²) in [7, 11) is 0. The quantitative estimate of drug-likeness (QED) is 0.330. The molecule has 1 heterocycles. The van der Waals surface area contributed by atoms with Crippen molar-refractivity contribution in [2.45, 2.75) is 53.1 Å². The van der Waals surface area contributed by atoms with Gasteiger partial charge in [0.05, 0.1) is 19.8 Å². The minimum Gasteiger partial charge on any atom is -0.378 e. The number of rotatable bonds is 8. The summed E-state index contributed by atoms with van der Waals surface area (Å²) in [5.41, 5.74) is 2.55. The molecule has 0 radical (unpaired) electrons. The van der Waals surface area contributed by atoms with Crippen LogP contribution >= 0.6 is 24.0 Å². The third-order valence-corrected chi connectivity index (χ3v) is 4.66. The van der Waals surface area contributed by atoms with Crippen LogP contribution in [0.1, 0.15) is 46.1 Å². The fourth-order valence-corrected chi connectivity index (χ4v) is 3.13. The predicted molar refractivity (Wildman–Crippen MR) is 126 cm³/mol. The second kappa shape index (κ2) is 13.2. The summed E-state index contributed by atoms with van der Waals surface area (Å²) in [5, 5.41) is 6.92. The highest BCUT2D eigenvalue weighted by Crippen LogP contribution is 2.22. The molecule has 1 fully saturated rings. The SMILES string of the molecule is CCNC(=NCc1ccccc1N1CCOCC1)NC(C)CCC(C)C.I. The third-order valence-electron chi connectivity index (χ3n) is 4.66. The minimum absolute atomic E-state index is 0. The molecule has 2 rings (SSSR count). The highest BCUT2D eigenvalue weighted by atomic mass is 127. The van der Waals surface area contributed by atoms with Gasteiger partial charge in [0, 0.05) is 31.4 Å². The second-order valence-corrected chi connectivity index (χ2v) is 7.44. The first-order valence-electron chi connectivity index (χ1n) is 10.1. The molecule has 6 heteroatoms. The van der Waals surface area contributed by atoms with Crippen molar-refractivity contribution in [1.29, 1.82) is 0 Å². The molecule has 0 aliphatic carbocycles. The Labute approximate surface area is 182 Å². The van der Waals surface area contributed by atoms with Gasteiger partial charge in [-0.15, -0.1) is 24.0 Å². The maximum Gasteiger partial charge on any atom is 0.191 e. The molecule has 5 nitrogen and oxygen atoms in total. The minimum atomic E-state index is 0. The van der Waals surface area contributed by atoms with E-state index < -0.39 is 0 Å². The number of nitrogens with zero attached hydrogens (tertiary/aromatic N) is 2. The van der Waals surface area contributed by atoms with Gasteiger partial charge in [0.2, 0.25) is 0 Å². The van der Waals surface area contributed by atoms with E-state index >= 15 is 0 Å². The number of morpholine rings is 1. The lowest BCUT2D eigenvalue weighted by Gasteiger charge is -2.30. The van der Waals surface area contributed by atoms with Crippen LogP contribution in [0.4, 0.5) is 5.69 Å². The summed E-state index contributed by atoms with van der Waals surface area (Å²) in [6.45, 7) is 13.9. The molecule has 0 saturated carbocycles. The Morgan fingerprint density at radius 2 is 1.85 bits per heavy atom. The largest absolute Gasteiger partial charge is 0.378 e. The smallest absolute Gasteiger partial charge is 0.191 e. The molecule has 1 unspecified atom stereocenters. The van der Waals surface area contributed by atoms with Crippen molar-refractivity contribution in [3.8, 4) is 0 Å². The lowest BCUT2D eigenvalue weighted by atomic mass is 10.0. The Bertz CT molecular complexity index is 559. The summed E-state index contributed by atoms with van der Waals surface area (Å²) in [5.74, 6) is 1.64. The van der Waals surface area contributed by atoms with Crippen LogP contribution in [-0.4, -0.2) is 44.8 Å². The van der Waals surface area contributed by atoms with Gasteiger partial charge in [0.15, 0.2) is 5.96 Å². The molecular formula is C21H37IN4O. The van der Waals surface area contributed by atoms with E-state index in [1.807, 2.05) is 0 Å². The van der Waals surface area contributed by atoms with Gasteiger partial charge in [-0.05, 0) is 44.2 Å². The molecule has 2 N–H and O–H groups in total. The number of nitrogens with one attached hydrogen (secondary N) is 2. The molecule has 1 aromatic carbocycles. The summed E-state index contributed by atoms with van der Waals surface area (Å²) >= 11 is 0. The first kappa shape index (κ1) is 24.0. The van der Waals surface area contributed by atoms with E-state index in [2.05, 4.69) is 67.5 Å². The first-order valence-corrected chi connectivity index (χ1v) is 10.1. The van der Waals surface area contributed by atoms with E-state index in [-0.39, 0.29) is 24.0 Å². The molecule has 1 aliphatic rings. The number of halogens is 1. The second-order valence-electron chi connectivity index (χ2n) is 7.44. The van der Waals surface area contributed by atoms with Crippen LogP contribution in [0.15, 0.2) is 29.3 Å². The van der Waals surface area contributed by atoms with Crippen LogP contribution in [0.2, 0.25) is 0 Å². The monoisotopic (exact) mass is 488 g/mol. The van der Waals surface area contributed by atoms with E-state index in [9.17, 15) is 0 Å². The number of benzene rings is 1. The van der Waals surface area contributed by atoms with Gasteiger partial charge in [0.1, 0.15) is 0 Å². The molecule has 1 saturated heterocycles. The van der Waals surface area contributed by atoms with Crippen molar-refractivity contribution in [2.24, 2.45) is 10.9 Å². The molecule has 154 valence electrons. The average molecular weight is 488 g/mol. The number of hydrogen-bond donors (Lipinski definition) is 2. The molecule has 1 aliphatic heterocycles. The van der Waals surface area contributed by atoms with E-state index in [0.717, 1.165) is 51.1 Å². The zero-order valence-corrected chi connectivity index (χ0v) is 19.7. The normalized spacial score (nSPS) is 16.0. The van der Waals surface area contributed by atoms with Crippen LogP contribution in [-0.2, 0) is 11.3 Å². The van der Waals surface area contributed by atoms with Crippen molar-refractivity contribution >= 4 is 35.6 Å². The van der Waals surface area contributed by atoms with E-state index in [1.165, 1.54) is 17.7 Å². The van der Waals surface area contributed by atoms with Gasteiger partial charge in [-0.2, -0.15) is 0 Å². The van der Waals surface area contributed by atoms with Crippen molar-refractivity contribution in [2.75, 3.05) is 37.7 Å². The van der Waals surface area contributed by atoms with Crippen LogP contribution < -0.4 is 15.5 Å². The fourth-order valence-electron chi connectivity index (χ4n) is 3.13. The third kappa shape index (κ3) is 8.68. The average Bonchev–Trinajstić information content (AvgIpc) is 2.65. The number of ether oxygens (including phenoxy) is 1. The van der Waals surface area contributed by atoms with Crippen molar-refractivity contribution in [1.82, 2.24) is 10.6 Å². The van der Waals surface area contributed by atoms with Crippen LogP contribution in [0.3, 0.4) is 0 Å². The Morgan fingerprint density at radius 3 is 2.52 bits per heavy atom. The molecule has 0 spiro atoms. The first-order chi connectivity index (χ1) is 12.6. The van der Waals surface area contributed by atoms with Gasteiger partial charge in [-0.25, -0.2) is 4.99 Å². The molecule has 1 aromatic rings. The summed E-state index contributed by atoms with van der Waals surface area (Å²) < 4.78 is 5.49. The van der Waals surface area contributed by atoms with Gasteiger partial charge >= 0.3 is 0 Å². The van der Waals surface area contributed by atoms with Crippen molar-refractivity contribution in [3.63, 3.8) is 0 Å². The molecule has 1 atom stereocenters. The van der Waals surface area contributed by atoms with Gasteiger partial charge in [-0.3, -0.25) is 0 Å². The lowest BCUT2D eigenvalue weighted by Crippen LogP contribution is -2.42. The number of guanidine groups is 1. The lowest BCUT2D eigenvalue weighted by molar-refractivity contribution is 0.122. The van der Waals surface area contributed by atoms with Crippen molar-refractivity contribution in [3.05, 3.63) is 29.8 Å². The van der Waals surface area contributed by atoms with Crippen LogP contribution in [0.25, 0.3) is 0 Å². The Balaban J connectivity index is 0.00000364. The van der Waals surface area contributed by atoms with Crippen molar-refractivity contribution < 1.29 is 4.74 Å². The van der Waals surface area contributed by atoms with E-state index in [0.29, 0.717) is 12.6 Å². The summed E-state index contributed by atoms with van der Waals surface area (Å²) in [6.07, 6.45) is 2.39. The molecule has 0 bridgehead atoms. The highest BCUT2D eigenvalue weighted by Gasteiger charge is 2.14. The maximum absolute atomic E-state index is 5.49. The van der Waals surface area contributed by atoms with Gasteiger partial charge in [-0.1, -0.05) is 32.0 Å². The number of para-hydroxylation sites is 1. The molecule has 0 amide bonds. The molecule has 27 heavy (non-hydrogen) atoms. The topological polar surface area (TPSA) is 48.9 Å². The fraction of sp³-hybridized carbons (Fsp3) is 0.667. The Kier molecular flexibility index (Phi) is 11.7. The zero-order chi connectivity index (χ0) is 18.8. The number of anilines is 1. The summed E-state index contributed by atoms with van der Waals surface area (Å²) in [4.78, 5) is 7.25. The van der Waals surface area contributed by atoms with Crippen LogP contribution in [0.5, 0.6) is 0 Å². The van der Waals surface area contributed by atoms with Gasteiger partial charge in [0.25, 0.3) is 0 Å². The van der Waals surface area contributed by atoms with Crippen LogP contribution in [0, 0.1) is 5.92 Å². The number of aliphatic imine (C=N–C) groups is 1.